The maximum atomic E-state index is 11.7. The number of ether oxygens (including phenoxy) is 1. The minimum atomic E-state index is -0.871. The largest absolute Gasteiger partial charge is 0.481 e. The van der Waals surface area contributed by atoms with Crippen molar-refractivity contribution in [2.75, 3.05) is 19.7 Å². The minimum absolute atomic E-state index is 0.154. The highest BCUT2D eigenvalue weighted by molar-refractivity contribution is 5.78. The van der Waals surface area contributed by atoms with E-state index in [0.717, 1.165) is 25.9 Å². The Hall–Kier alpha value is -1.30. The lowest BCUT2D eigenvalue weighted by molar-refractivity contribution is -0.149. The van der Waals surface area contributed by atoms with Crippen LogP contribution in [0.5, 0.6) is 0 Å². The molecule has 1 aliphatic rings. The number of aliphatic carboxylic acids is 1. The van der Waals surface area contributed by atoms with Crippen molar-refractivity contribution in [1.29, 1.82) is 0 Å². The monoisotopic (exact) mass is 300 g/mol. The maximum absolute atomic E-state index is 11.7. The van der Waals surface area contributed by atoms with Gasteiger partial charge in [-0.2, -0.15) is 0 Å². The van der Waals surface area contributed by atoms with Gasteiger partial charge >= 0.3 is 12.0 Å². The van der Waals surface area contributed by atoms with Crippen molar-refractivity contribution in [3.8, 4) is 0 Å². The fourth-order valence-corrected chi connectivity index (χ4v) is 2.57. The molecule has 0 radical (unpaired) electrons. The molecule has 1 fully saturated rings. The number of amides is 2. The Morgan fingerprint density at radius 3 is 2.48 bits per heavy atom. The summed E-state index contributed by atoms with van der Waals surface area (Å²) < 4.78 is 5.59. The van der Waals surface area contributed by atoms with E-state index < -0.39 is 11.4 Å². The molecule has 1 saturated heterocycles. The number of urea groups is 1. The van der Waals surface area contributed by atoms with Gasteiger partial charge in [-0.1, -0.05) is 13.8 Å². The van der Waals surface area contributed by atoms with Crippen LogP contribution in [0.1, 0.15) is 52.4 Å². The summed E-state index contributed by atoms with van der Waals surface area (Å²) in [5.74, 6) is -0.858. The third-order valence-corrected chi connectivity index (χ3v) is 4.42. The summed E-state index contributed by atoms with van der Waals surface area (Å²) >= 11 is 0. The first-order valence-electron chi connectivity index (χ1n) is 7.90. The summed E-state index contributed by atoms with van der Waals surface area (Å²) in [5, 5.41) is 14.7. The highest BCUT2D eigenvalue weighted by atomic mass is 16.5. The summed E-state index contributed by atoms with van der Waals surface area (Å²) in [6.07, 6.45) is 5.39. The topological polar surface area (TPSA) is 87.7 Å². The lowest BCUT2D eigenvalue weighted by Gasteiger charge is -2.27. The fourth-order valence-electron chi connectivity index (χ4n) is 2.57. The average molecular weight is 300 g/mol. The Bertz CT molecular complexity index is 337. The Morgan fingerprint density at radius 1 is 1.24 bits per heavy atom. The van der Waals surface area contributed by atoms with Crippen LogP contribution in [0.25, 0.3) is 0 Å². The van der Waals surface area contributed by atoms with E-state index in [1.54, 1.807) is 0 Å². The molecule has 1 heterocycles. The van der Waals surface area contributed by atoms with Crippen LogP contribution in [0.2, 0.25) is 0 Å². The maximum Gasteiger partial charge on any atom is 0.314 e. The summed E-state index contributed by atoms with van der Waals surface area (Å²) in [7, 11) is 0. The number of hydrogen-bond donors (Lipinski definition) is 3. The van der Waals surface area contributed by atoms with Gasteiger partial charge in [-0.15, -0.1) is 0 Å². The Labute approximate surface area is 126 Å². The van der Waals surface area contributed by atoms with Crippen molar-refractivity contribution in [3.63, 3.8) is 0 Å². The molecule has 0 aliphatic carbocycles. The number of carboxylic acids is 1. The molecular weight excluding hydrogens is 272 g/mol. The molecule has 21 heavy (non-hydrogen) atoms. The van der Waals surface area contributed by atoms with Crippen molar-refractivity contribution in [2.24, 2.45) is 5.41 Å². The third kappa shape index (κ3) is 5.53. The van der Waals surface area contributed by atoms with Gasteiger partial charge in [-0.05, 0) is 38.5 Å². The predicted molar refractivity (Wildman–Crippen MR) is 80.3 cm³/mol. The SMILES string of the molecule is CCC(CC)(CNC(=O)NCCC1CCCCO1)C(=O)O. The first-order chi connectivity index (χ1) is 10.0. The molecule has 0 aromatic carbocycles. The van der Waals surface area contributed by atoms with Crippen LogP contribution in [-0.2, 0) is 9.53 Å². The van der Waals surface area contributed by atoms with Gasteiger partial charge in [0.05, 0.1) is 11.5 Å². The molecular formula is C15H28N2O4. The molecule has 0 saturated carbocycles. The van der Waals surface area contributed by atoms with Crippen molar-refractivity contribution in [3.05, 3.63) is 0 Å². The lowest BCUT2D eigenvalue weighted by Crippen LogP contribution is -2.46. The van der Waals surface area contributed by atoms with E-state index in [9.17, 15) is 14.7 Å². The number of hydrogen-bond acceptors (Lipinski definition) is 3. The average Bonchev–Trinajstić information content (AvgIpc) is 2.49. The quantitative estimate of drug-likeness (QED) is 0.641. The second kappa shape index (κ2) is 8.87. The summed E-state index contributed by atoms with van der Waals surface area (Å²) in [5.41, 5.74) is -0.871. The molecule has 0 aromatic rings. The van der Waals surface area contributed by atoms with Gasteiger partial charge in [-0.25, -0.2) is 4.79 Å². The van der Waals surface area contributed by atoms with E-state index in [1.807, 2.05) is 13.8 Å². The predicted octanol–water partition coefficient (Wildman–Crippen LogP) is 2.14. The highest BCUT2D eigenvalue weighted by Crippen LogP contribution is 2.25. The molecule has 1 aliphatic heterocycles. The van der Waals surface area contributed by atoms with Crippen LogP contribution < -0.4 is 10.6 Å². The zero-order valence-electron chi connectivity index (χ0n) is 13.1. The molecule has 2 amide bonds. The molecule has 122 valence electrons. The standard InChI is InChI=1S/C15H28N2O4/c1-3-15(4-2,13(18)19)11-17-14(20)16-9-8-12-7-5-6-10-21-12/h12H,3-11H2,1-2H3,(H,18,19)(H2,16,17,20). The van der Waals surface area contributed by atoms with Gasteiger partial charge in [0.15, 0.2) is 0 Å². The fraction of sp³-hybridized carbons (Fsp3) is 0.867. The normalized spacial score (nSPS) is 19.0. The zero-order chi connectivity index (χ0) is 15.7. The third-order valence-electron chi connectivity index (χ3n) is 4.42. The highest BCUT2D eigenvalue weighted by Gasteiger charge is 2.35. The number of carbonyl (C=O) groups excluding carboxylic acids is 1. The molecule has 0 bridgehead atoms. The van der Waals surface area contributed by atoms with Crippen LogP contribution in [0.15, 0.2) is 0 Å². The Morgan fingerprint density at radius 2 is 1.95 bits per heavy atom. The van der Waals surface area contributed by atoms with Crippen LogP contribution in [-0.4, -0.2) is 42.9 Å². The van der Waals surface area contributed by atoms with E-state index in [2.05, 4.69) is 10.6 Å². The van der Waals surface area contributed by atoms with E-state index >= 15 is 0 Å². The van der Waals surface area contributed by atoms with Gasteiger partial charge in [0.1, 0.15) is 0 Å². The number of nitrogens with one attached hydrogen (secondary N) is 2. The summed E-state index contributed by atoms with van der Waals surface area (Å²) in [6.45, 7) is 5.18. The second-order valence-electron chi connectivity index (χ2n) is 5.68. The van der Waals surface area contributed by atoms with Gasteiger partial charge in [0, 0.05) is 19.7 Å². The lowest BCUT2D eigenvalue weighted by atomic mass is 9.82. The van der Waals surface area contributed by atoms with E-state index in [0.29, 0.717) is 19.4 Å². The van der Waals surface area contributed by atoms with Gasteiger partial charge in [0.2, 0.25) is 0 Å². The zero-order valence-corrected chi connectivity index (χ0v) is 13.1. The molecule has 6 heteroatoms. The minimum Gasteiger partial charge on any atom is -0.481 e. The molecule has 0 spiro atoms. The van der Waals surface area contributed by atoms with Gasteiger partial charge in [-0.3, -0.25) is 4.79 Å². The number of carbonyl (C=O) groups is 2. The Balaban J connectivity index is 2.24. The molecule has 0 aromatic heterocycles. The summed E-state index contributed by atoms with van der Waals surface area (Å²) in [6, 6.07) is -0.307. The second-order valence-corrected chi connectivity index (χ2v) is 5.68. The van der Waals surface area contributed by atoms with Crippen LogP contribution in [0.3, 0.4) is 0 Å². The first kappa shape index (κ1) is 17.8. The molecule has 3 N–H and O–H groups in total. The Kier molecular flexibility index (Phi) is 7.50. The number of rotatable bonds is 8. The van der Waals surface area contributed by atoms with Gasteiger partial charge < -0.3 is 20.5 Å². The van der Waals surface area contributed by atoms with E-state index in [-0.39, 0.29) is 18.7 Å². The van der Waals surface area contributed by atoms with E-state index in [1.165, 1.54) is 6.42 Å². The van der Waals surface area contributed by atoms with Crippen molar-refractivity contribution in [1.82, 2.24) is 10.6 Å². The number of carboxylic acid groups (broad SMARTS) is 1. The van der Waals surface area contributed by atoms with E-state index in [4.69, 9.17) is 4.74 Å². The molecule has 1 unspecified atom stereocenters. The first-order valence-corrected chi connectivity index (χ1v) is 7.90. The van der Waals surface area contributed by atoms with Gasteiger partial charge in [0.25, 0.3) is 0 Å². The van der Waals surface area contributed by atoms with Crippen molar-refractivity contribution >= 4 is 12.0 Å². The molecule has 6 nitrogen and oxygen atoms in total. The van der Waals surface area contributed by atoms with Crippen molar-refractivity contribution < 1.29 is 19.4 Å². The smallest absolute Gasteiger partial charge is 0.314 e. The summed E-state index contributed by atoms with van der Waals surface area (Å²) in [4.78, 5) is 23.1. The molecule has 1 rings (SSSR count). The van der Waals surface area contributed by atoms with Crippen LogP contribution in [0.4, 0.5) is 4.79 Å². The molecule has 1 atom stereocenters. The van der Waals surface area contributed by atoms with Crippen LogP contribution >= 0.6 is 0 Å². The van der Waals surface area contributed by atoms with Crippen molar-refractivity contribution in [2.45, 2.75) is 58.5 Å². The van der Waals surface area contributed by atoms with Crippen LogP contribution in [0, 0.1) is 5.41 Å².